The van der Waals surface area contributed by atoms with Crippen LogP contribution in [0.1, 0.15) is 83.6 Å². The second-order valence-corrected chi connectivity index (χ2v) is 11.6. The Kier molecular flexibility index (Phi) is 5.46. The maximum absolute atomic E-state index is 13.3. The minimum atomic E-state index is -0.233. The van der Waals surface area contributed by atoms with Crippen LogP contribution < -0.4 is 4.90 Å². The molecule has 4 aliphatic carbocycles. The number of benzene rings is 1. The molecule has 0 amide bonds. The third-order valence-electron chi connectivity index (χ3n) is 10.1. The van der Waals surface area contributed by atoms with Gasteiger partial charge in [-0.2, -0.15) is 0 Å². The lowest BCUT2D eigenvalue weighted by Gasteiger charge is -2.55. The van der Waals surface area contributed by atoms with Gasteiger partial charge in [0.25, 0.3) is 0 Å². The average Bonchev–Trinajstić information content (AvgIpc) is 3.09. The number of hydrogen-bond donors (Lipinski definition) is 0. The summed E-state index contributed by atoms with van der Waals surface area (Å²) in [5.74, 6) is 2.18. The van der Waals surface area contributed by atoms with Crippen LogP contribution in [0.4, 0.5) is 5.69 Å². The van der Waals surface area contributed by atoms with E-state index in [1.54, 1.807) is 5.57 Å². The fourth-order valence-electron chi connectivity index (χ4n) is 8.06. The van der Waals surface area contributed by atoms with Gasteiger partial charge in [0.1, 0.15) is 5.78 Å². The van der Waals surface area contributed by atoms with Crippen molar-refractivity contribution in [3.8, 4) is 0 Å². The molecule has 33 heavy (non-hydrogen) atoms. The highest BCUT2D eigenvalue weighted by Gasteiger charge is 2.63. The van der Waals surface area contributed by atoms with Gasteiger partial charge in [0.2, 0.25) is 0 Å². The summed E-state index contributed by atoms with van der Waals surface area (Å²) in [5.41, 5.74) is 6.80. The van der Waals surface area contributed by atoms with Gasteiger partial charge in [0, 0.05) is 44.0 Å². The zero-order valence-corrected chi connectivity index (χ0v) is 21.0. The van der Waals surface area contributed by atoms with Crippen LogP contribution in [-0.4, -0.2) is 25.7 Å². The Morgan fingerprint density at radius 3 is 2.45 bits per heavy atom. The van der Waals surface area contributed by atoms with E-state index in [1.807, 2.05) is 13.0 Å². The monoisotopic (exact) mass is 445 g/mol. The minimum Gasteiger partial charge on any atom is -0.378 e. The van der Waals surface area contributed by atoms with Gasteiger partial charge < -0.3 is 4.90 Å². The molecule has 1 aromatic carbocycles. The number of anilines is 1. The number of rotatable bonds is 4. The Labute approximate surface area is 199 Å². The van der Waals surface area contributed by atoms with Crippen molar-refractivity contribution in [2.75, 3.05) is 19.0 Å². The molecule has 5 rings (SSSR count). The number of carbonyl (C=O) groups is 2. The summed E-state index contributed by atoms with van der Waals surface area (Å²) in [4.78, 5) is 27.7. The highest BCUT2D eigenvalue weighted by atomic mass is 16.1. The van der Waals surface area contributed by atoms with E-state index in [-0.39, 0.29) is 10.8 Å². The van der Waals surface area contributed by atoms with Gasteiger partial charge in [-0.1, -0.05) is 38.5 Å². The molecular weight excluding hydrogens is 406 g/mol. The molecule has 5 atom stereocenters. The van der Waals surface area contributed by atoms with Crippen LogP contribution in [0.3, 0.4) is 0 Å². The molecule has 0 aromatic heterocycles. The minimum absolute atomic E-state index is 0.0193. The highest BCUT2D eigenvalue weighted by molar-refractivity contribution is 5.93. The maximum atomic E-state index is 13.3. The summed E-state index contributed by atoms with van der Waals surface area (Å²) in [6, 6.07) is 9.10. The first-order valence-corrected chi connectivity index (χ1v) is 13.0. The average molecular weight is 446 g/mol. The van der Waals surface area contributed by atoms with E-state index in [0.29, 0.717) is 42.2 Å². The van der Waals surface area contributed by atoms with Gasteiger partial charge in [-0.3, -0.25) is 9.59 Å². The predicted octanol–water partition coefficient (Wildman–Crippen LogP) is 6.64. The third-order valence-corrected chi connectivity index (χ3v) is 10.1. The van der Waals surface area contributed by atoms with Crippen molar-refractivity contribution < 1.29 is 9.59 Å². The van der Waals surface area contributed by atoms with E-state index in [9.17, 15) is 9.59 Å². The first kappa shape index (κ1) is 22.6. The SMILES string of the molecule is CCC(=O)[C@@]1(C)CCC2C3CCC4=CC(=O)CCC4=C3[C@@H](c3ccc(N(C)C)cc3)C[C@@]21C. The molecule has 0 N–H and O–H groups in total. The molecule has 4 aliphatic rings. The van der Waals surface area contributed by atoms with E-state index in [4.69, 9.17) is 0 Å². The van der Waals surface area contributed by atoms with Gasteiger partial charge in [0.15, 0.2) is 5.78 Å². The topological polar surface area (TPSA) is 37.4 Å². The predicted molar refractivity (Wildman–Crippen MR) is 134 cm³/mol. The van der Waals surface area contributed by atoms with Crippen LogP contribution in [0, 0.1) is 22.7 Å². The van der Waals surface area contributed by atoms with Crippen LogP contribution in [-0.2, 0) is 9.59 Å². The summed E-state index contributed by atoms with van der Waals surface area (Å²) in [5, 5.41) is 0. The van der Waals surface area contributed by atoms with Crippen LogP contribution in [0.5, 0.6) is 0 Å². The smallest absolute Gasteiger partial charge is 0.156 e. The molecular formula is C30H39NO2. The summed E-state index contributed by atoms with van der Waals surface area (Å²) in [7, 11) is 4.17. The Balaban J connectivity index is 1.66. The molecule has 2 unspecified atom stereocenters. The largest absolute Gasteiger partial charge is 0.378 e. The van der Waals surface area contributed by atoms with Crippen molar-refractivity contribution in [3.05, 3.63) is 52.6 Å². The molecule has 0 bridgehead atoms. The van der Waals surface area contributed by atoms with E-state index in [1.165, 1.54) is 22.4 Å². The second-order valence-electron chi connectivity index (χ2n) is 11.6. The summed E-state index contributed by atoms with van der Waals surface area (Å²) < 4.78 is 0. The van der Waals surface area contributed by atoms with E-state index in [2.05, 4.69) is 57.1 Å². The van der Waals surface area contributed by atoms with E-state index >= 15 is 0 Å². The van der Waals surface area contributed by atoms with Crippen molar-refractivity contribution >= 4 is 17.3 Å². The van der Waals surface area contributed by atoms with Gasteiger partial charge in [-0.05, 0) is 90.7 Å². The van der Waals surface area contributed by atoms with E-state index < -0.39 is 0 Å². The molecule has 3 heteroatoms. The van der Waals surface area contributed by atoms with Crippen LogP contribution in [0.25, 0.3) is 0 Å². The number of nitrogens with zero attached hydrogens (tertiary/aromatic N) is 1. The number of Topliss-reactive ketones (excluding diaryl/α,β-unsaturated/α-hetero) is 1. The zero-order valence-electron chi connectivity index (χ0n) is 21.0. The molecule has 0 aliphatic heterocycles. The standard InChI is InChI=1S/C30H39NO2/c1-6-27(33)29(2)16-15-26-24-13-9-20-17-22(32)12-14-23(20)28(24)25(18-30(26,29)3)19-7-10-21(11-8-19)31(4)5/h7-8,10-11,17,24-26H,6,9,12-16,18H2,1-5H3/t24?,25-,26?,29-,30+/m1/s1. The summed E-state index contributed by atoms with van der Waals surface area (Å²) in [6.07, 6.45) is 9.49. The number of hydrogen-bond acceptors (Lipinski definition) is 3. The molecule has 0 saturated heterocycles. The second kappa shape index (κ2) is 7.96. The molecule has 2 fully saturated rings. The van der Waals surface area contributed by atoms with Crippen molar-refractivity contribution in [2.45, 2.75) is 78.1 Å². The first-order chi connectivity index (χ1) is 15.7. The quantitative estimate of drug-likeness (QED) is 0.521. The van der Waals surface area contributed by atoms with Crippen LogP contribution in [0.2, 0.25) is 0 Å². The van der Waals surface area contributed by atoms with Crippen molar-refractivity contribution in [3.63, 3.8) is 0 Å². The Morgan fingerprint density at radius 2 is 1.79 bits per heavy atom. The molecule has 1 aromatic rings. The van der Waals surface area contributed by atoms with Gasteiger partial charge in [0.05, 0.1) is 0 Å². The van der Waals surface area contributed by atoms with Crippen molar-refractivity contribution in [1.82, 2.24) is 0 Å². The highest BCUT2D eigenvalue weighted by Crippen LogP contribution is 2.69. The lowest BCUT2D eigenvalue weighted by Crippen LogP contribution is -2.49. The lowest BCUT2D eigenvalue weighted by atomic mass is 9.48. The Bertz CT molecular complexity index is 1050. The molecule has 0 radical (unpaired) electrons. The zero-order chi connectivity index (χ0) is 23.5. The maximum Gasteiger partial charge on any atom is 0.156 e. The number of fused-ring (bicyclic) bond motifs is 4. The number of ketones is 2. The molecule has 176 valence electrons. The van der Waals surface area contributed by atoms with Crippen LogP contribution in [0.15, 0.2) is 47.1 Å². The third kappa shape index (κ3) is 3.29. The van der Waals surface area contributed by atoms with Gasteiger partial charge in [-0.15, -0.1) is 0 Å². The normalized spacial score (nSPS) is 35.5. The number of carbonyl (C=O) groups excluding carboxylic acids is 2. The summed E-state index contributed by atoms with van der Waals surface area (Å²) >= 11 is 0. The van der Waals surface area contributed by atoms with Gasteiger partial charge >= 0.3 is 0 Å². The van der Waals surface area contributed by atoms with Crippen molar-refractivity contribution in [2.24, 2.45) is 22.7 Å². The lowest BCUT2D eigenvalue weighted by molar-refractivity contribution is -0.136. The van der Waals surface area contributed by atoms with Gasteiger partial charge in [-0.25, -0.2) is 0 Å². The fraction of sp³-hybridized carbons (Fsp3) is 0.600. The fourth-order valence-corrected chi connectivity index (χ4v) is 8.06. The Morgan fingerprint density at radius 1 is 1.06 bits per heavy atom. The molecule has 3 nitrogen and oxygen atoms in total. The molecule has 2 saturated carbocycles. The van der Waals surface area contributed by atoms with Crippen molar-refractivity contribution in [1.29, 1.82) is 0 Å². The van der Waals surface area contributed by atoms with Crippen LogP contribution >= 0.6 is 0 Å². The molecule has 0 spiro atoms. The number of allylic oxidation sites excluding steroid dienone is 4. The first-order valence-electron chi connectivity index (χ1n) is 13.0. The Hall–Kier alpha value is -2.16. The molecule has 0 heterocycles. The van der Waals surface area contributed by atoms with E-state index in [0.717, 1.165) is 38.5 Å². The summed E-state index contributed by atoms with van der Waals surface area (Å²) in [6.45, 7) is 6.75.